The van der Waals surface area contributed by atoms with Gasteiger partial charge in [-0.1, -0.05) is 36.8 Å². The van der Waals surface area contributed by atoms with Gasteiger partial charge < -0.3 is 10.2 Å². The maximum atomic E-state index is 10.1. The van der Waals surface area contributed by atoms with Crippen LogP contribution in [0.4, 0.5) is 0 Å². The molecule has 1 aliphatic rings. The lowest BCUT2D eigenvalue weighted by Crippen LogP contribution is -2.46. The molecule has 0 aliphatic carbocycles. The molecule has 18 heavy (non-hydrogen) atoms. The van der Waals surface area contributed by atoms with Gasteiger partial charge in [-0.15, -0.1) is 0 Å². The molecule has 1 fully saturated rings. The largest absolute Gasteiger partial charge is 0.396 e. The zero-order valence-corrected chi connectivity index (χ0v) is 10.8. The second kappa shape index (κ2) is 6.88. The minimum Gasteiger partial charge on any atom is -0.396 e. The highest BCUT2D eigenvalue weighted by molar-refractivity contribution is 5.14. The van der Waals surface area contributed by atoms with E-state index in [4.69, 9.17) is 5.11 Å². The average molecular weight is 249 g/mol. The quantitative estimate of drug-likeness (QED) is 0.836. The third-order valence-corrected chi connectivity index (χ3v) is 3.76. The monoisotopic (exact) mass is 249 g/mol. The van der Waals surface area contributed by atoms with Gasteiger partial charge >= 0.3 is 0 Å². The SMILES string of the molecule is OCC[C@H](O)[C@H]1CCCCN1Cc1ccccc1. The average Bonchev–Trinajstić information content (AvgIpc) is 2.41. The lowest BCUT2D eigenvalue weighted by molar-refractivity contribution is 0.00865. The third-order valence-electron chi connectivity index (χ3n) is 3.76. The summed E-state index contributed by atoms with van der Waals surface area (Å²) in [5, 5.41) is 19.1. The van der Waals surface area contributed by atoms with Crippen molar-refractivity contribution in [3.05, 3.63) is 35.9 Å². The van der Waals surface area contributed by atoms with Gasteiger partial charge in [0.15, 0.2) is 0 Å². The minimum absolute atomic E-state index is 0.0663. The summed E-state index contributed by atoms with van der Waals surface area (Å²) in [5.41, 5.74) is 1.29. The molecule has 0 radical (unpaired) electrons. The number of nitrogens with zero attached hydrogens (tertiary/aromatic N) is 1. The predicted octanol–water partition coefficient (Wildman–Crippen LogP) is 1.78. The van der Waals surface area contributed by atoms with E-state index in [1.54, 1.807) is 0 Å². The van der Waals surface area contributed by atoms with Crippen molar-refractivity contribution in [1.82, 2.24) is 4.90 Å². The molecule has 100 valence electrons. The van der Waals surface area contributed by atoms with Crippen molar-refractivity contribution in [3.8, 4) is 0 Å². The van der Waals surface area contributed by atoms with Crippen LogP contribution in [0, 0.1) is 0 Å². The van der Waals surface area contributed by atoms with Crippen LogP contribution >= 0.6 is 0 Å². The zero-order chi connectivity index (χ0) is 12.8. The lowest BCUT2D eigenvalue weighted by atomic mass is 9.95. The molecular weight excluding hydrogens is 226 g/mol. The van der Waals surface area contributed by atoms with Crippen molar-refractivity contribution in [3.63, 3.8) is 0 Å². The van der Waals surface area contributed by atoms with Gasteiger partial charge in [0.1, 0.15) is 0 Å². The Kier molecular flexibility index (Phi) is 5.17. The number of hydrogen-bond acceptors (Lipinski definition) is 3. The van der Waals surface area contributed by atoms with Gasteiger partial charge in [0.2, 0.25) is 0 Å². The van der Waals surface area contributed by atoms with Crippen molar-refractivity contribution in [2.75, 3.05) is 13.2 Å². The summed E-state index contributed by atoms with van der Waals surface area (Å²) in [4.78, 5) is 2.36. The van der Waals surface area contributed by atoms with E-state index in [1.807, 2.05) is 6.07 Å². The Morgan fingerprint density at radius 1 is 1.22 bits per heavy atom. The standard InChI is InChI=1S/C15H23NO2/c17-11-9-15(18)14-8-4-5-10-16(14)12-13-6-2-1-3-7-13/h1-3,6-7,14-15,17-18H,4-5,8-12H2/t14-,15+/m1/s1. The van der Waals surface area contributed by atoms with E-state index in [9.17, 15) is 5.11 Å². The lowest BCUT2D eigenvalue weighted by Gasteiger charge is -2.38. The summed E-state index contributed by atoms with van der Waals surface area (Å²) in [7, 11) is 0. The van der Waals surface area contributed by atoms with E-state index in [0.717, 1.165) is 19.5 Å². The fourth-order valence-corrected chi connectivity index (χ4v) is 2.79. The van der Waals surface area contributed by atoms with E-state index >= 15 is 0 Å². The Balaban J connectivity index is 1.99. The first-order chi connectivity index (χ1) is 8.81. The highest BCUT2D eigenvalue weighted by Crippen LogP contribution is 2.23. The number of aliphatic hydroxyl groups is 2. The zero-order valence-electron chi connectivity index (χ0n) is 10.8. The maximum absolute atomic E-state index is 10.1. The van der Waals surface area contributed by atoms with Crippen molar-refractivity contribution < 1.29 is 10.2 Å². The second-order valence-electron chi connectivity index (χ2n) is 5.10. The van der Waals surface area contributed by atoms with Crippen molar-refractivity contribution in [1.29, 1.82) is 0 Å². The summed E-state index contributed by atoms with van der Waals surface area (Å²) in [5.74, 6) is 0. The summed E-state index contributed by atoms with van der Waals surface area (Å²) in [6.07, 6.45) is 3.50. The van der Waals surface area contributed by atoms with Crippen LogP contribution in [-0.2, 0) is 6.54 Å². The molecule has 1 aliphatic heterocycles. The van der Waals surface area contributed by atoms with E-state index in [1.165, 1.54) is 18.4 Å². The number of piperidine rings is 1. The molecule has 0 saturated carbocycles. The molecule has 1 aromatic rings. The highest BCUT2D eigenvalue weighted by atomic mass is 16.3. The van der Waals surface area contributed by atoms with Crippen molar-refractivity contribution in [2.24, 2.45) is 0 Å². The van der Waals surface area contributed by atoms with Crippen molar-refractivity contribution in [2.45, 2.75) is 44.4 Å². The van der Waals surface area contributed by atoms with Gasteiger partial charge in [-0.3, -0.25) is 4.90 Å². The van der Waals surface area contributed by atoms with Gasteiger partial charge in [-0.05, 0) is 31.4 Å². The summed E-state index contributed by atoms with van der Waals surface area (Å²) in [6.45, 7) is 2.01. The molecule has 0 amide bonds. The molecule has 2 atom stereocenters. The predicted molar refractivity (Wildman–Crippen MR) is 72.2 cm³/mol. The Hall–Kier alpha value is -0.900. The van der Waals surface area contributed by atoms with Crippen molar-refractivity contribution >= 4 is 0 Å². The van der Waals surface area contributed by atoms with Gasteiger partial charge in [-0.25, -0.2) is 0 Å². The second-order valence-corrected chi connectivity index (χ2v) is 5.10. The summed E-state index contributed by atoms with van der Waals surface area (Å²) >= 11 is 0. The molecule has 1 saturated heterocycles. The molecular formula is C15H23NO2. The normalized spacial score (nSPS) is 22.9. The van der Waals surface area contributed by atoms with E-state index in [0.29, 0.717) is 6.42 Å². The first-order valence-corrected chi connectivity index (χ1v) is 6.88. The van der Waals surface area contributed by atoms with Crippen LogP contribution in [0.1, 0.15) is 31.2 Å². The number of hydrogen-bond donors (Lipinski definition) is 2. The van der Waals surface area contributed by atoms with Gasteiger partial charge in [0.25, 0.3) is 0 Å². The van der Waals surface area contributed by atoms with E-state index in [2.05, 4.69) is 29.2 Å². The van der Waals surface area contributed by atoms with Gasteiger partial charge in [-0.2, -0.15) is 0 Å². The highest BCUT2D eigenvalue weighted by Gasteiger charge is 2.28. The Labute approximate surface area is 109 Å². The molecule has 0 bridgehead atoms. The molecule has 0 unspecified atom stereocenters. The van der Waals surface area contributed by atoms with Crippen LogP contribution < -0.4 is 0 Å². The molecule has 3 nitrogen and oxygen atoms in total. The molecule has 2 N–H and O–H groups in total. The molecule has 0 spiro atoms. The first-order valence-electron chi connectivity index (χ1n) is 6.88. The van der Waals surface area contributed by atoms with E-state index < -0.39 is 6.10 Å². The molecule has 2 rings (SSSR count). The molecule has 1 aromatic carbocycles. The Bertz CT molecular complexity index is 342. The van der Waals surface area contributed by atoms with Crippen LogP contribution in [-0.4, -0.2) is 40.4 Å². The number of rotatable bonds is 5. The Morgan fingerprint density at radius 2 is 2.00 bits per heavy atom. The Morgan fingerprint density at radius 3 is 2.72 bits per heavy atom. The van der Waals surface area contributed by atoms with Gasteiger partial charge in [0, 0.05) is 19.2 Å². The van der Waals surface area contributed by atoms with Crippen LogP contribution in [0.3, 0.4) is 0 Å². The van der Waals surface area contributed by atoms with Gasteiger partial charge in [0.05, 0.1) is 6.10 Å². The van der Waals surface area contributed by atoms with Crippen LogP contribution in [0.5, 0.6) is 0 Å². The fourth-order valence-electron chi connectivity index (χ4n) is 2.79. The molecule has 3 heteroatoms. The summed E-state index contributed by atoms with van der Waals surface area (Å²) < 4.78 is 0. The molecule has 0 aromatic heterocycles. The van der Waals surface area contributed by atoms with E-state index in [-0.39, 0.29) is 12.6 Å². The van der Waals surface area contributed by atoms with Crippen LogP contribution in [0.15, 0.2) is 30.3 Å². The molecule has 1 heterocycles. The maximum Gasteiger partial charge on any atom is 0.0717 e. The first kappa shape index (κ1) is 13.5. The minimum atomic E-state index is -0.404. The number of aliphatic hydroxyl groups excluding tert-OH is 2. The topological polar surface area (TPSA) is 43.7 Å². The number of likely N-dealkylation sites (tertiary alicyclic amines) is 1. The fraction of sp³-hybridized carbons (Fsp3) is 0.600. The smallest absolute Gasteiger partial charge is 0.0717 e. The van der Waals surface area contributed by atoms with Crippen LogP contribution in [0.2, 0.25) is 0 Å². The summed E-state index contributed by atoms with van der Waals surface area (Å²) in [6, 6.07) is 10.6. The van der Waals surface area contributed by atoms with Crippen LogP contribution in [0.25, 0.3) is 0 Å². The number of benzene rings is 1. The third kappa shape index (κ3) is 3.55.